The van der Waals surface area contributed by atoms with E-state index in [1.165, 1.54) is 18.2 Å². The fourth-order valence-electron chi connectivity index (χ4n) is 2.82. The topological polar surface area (TPSA) is 105 Å². The molecule has 7 heteroatoms. The van der Waals surface area contributed by atoms with Crippen molar-refractivity contribution in [1.82, 2.24) is 10.3 Å². The maximum Gasteiger partial charge on any atom is 0.261 e. The number of nitrogens with one attached hydrogen (secondary N) is 2. The molecule has 1 aromatic heterocycles. The summed E-state index contributed by atoms with van der Waals surface area (Å²) >= 11 is 0. The molecule has 0 spiro atoms. The first-order valence-electron chi connectivity index (χ1n) is 8.51. The molecule has 0 fully saturated rings. The average molecular weight is 379 g/mol. The van der Waals surface area contributed by atoms with Crippen LogP contribution in [0.1, 0.15) is 27.5 Å². The average Bonchev–Trinajstić information content (AvgIpc) is 2.66. The summed E-state index contributed by atoms with van der Waals surface area (Å²) in [5, 5.41) is 2.42. The third kappa shape index (κ3) is 4.15. The minimum atomic E-state index is -1.19. The van der Waals surface area contributed by atoms with E-state index >= 15 is 0 Å². The van der Waals surface area contributed by atoms with Gasteiger partial charge in [-0.25, -0.2) is 4.39 Å². The number of halogens is 1. The lowest BCUT2D eigenvalue weighted by atomic mass is 10.1. The van der Waals surface area contributed by atoms with Gasteiger partial charge < -0.3 is 16.0 Å². The maximum atomic E-state index is 13.1. The summed E-state index contributed by atoms with van der Waals surface area (Å²) in [6.45, 7) is 1.93. The van der Waals surface area contributed by atoms with Crippen molar-refractivity contribution in [3.63, 3.8) is 0 Å². The number of benzene rings is 2. The second kappa shape index (κ2) is 7.87. The van der Waals surface area contributed by atoms with Gasteiger partial charge in [-0.05, 0) is 48.4 Å². The van der Waals surface area contributed by atoms with Crippen molar-refractivity contribution in [1.29, 1.82) is 0 Å². The lowest BCUT2D eigenvalue weighted by Gasteiger charge is -2.16. The van der Waals surface area contributed by atoms with Crippen LogP contribution in [0.4, 0.5) is 4.39 Å². The molecule has 0 saturated carbocycles. The number of primary amides is 1. The van der Waals surface area contributed by atoms with Crippen molar-refractivity contribution in [3.05, 3.63) is 93.5 Å². The van der Waals surface area contributed by atoms with E-state index < -0.39 is 29.2 Å². The van der Waals surface area contributed by atoms with Crippen molar-refractivity contribution in [3.8, 4) is 11.3 Å². The molecule has 0 bridgehead atoms. The molecule has 1 heterocycles. The zero-order chi connectivity index (χ0) is 20.3. The van der Waals surface area contributed by atoms with E-state index in [1.807, 2.05) is 31.2 Å². The van der Waals surface area contributed by atoms with Crippen LogP contribution in [0.25, 0.3) is 11.3 Å². The number of aromatic amines is 1. The minimum Gasteiger partial charge on any atom is -0.368 e. The molecule has 0 aliphatic carbocycles. The van der Waals surface area contributed by atoms with Gasteiger partial charge in [-0.1, -0.05) is 35.9 Å². The fourth-order valence-corrected chi connectivity index (χ4v) is 2.82. The molecule has 0 saturated heterocycles. The van der Waals surface area contributed by atoms with Crippen molar-refractivity contribution >= 4 is 11.8 Å². The minimum absolute atomic E-state index is 0.162. The largest absolute Gasteiger partial charge is 0.368 e. The molecule has 6 nitrogen and oxygen atoms in total. The van der Waals surface area contributed by atoms with Gasteiger partial charge in [0, 0.05) is 5.69 Å². The SMILES string of the molecule is Cc1cccc(-c2ccc(C(=O)NC(C(N)=O)c3ccc(F)cc3)c(=O)[nH]2)c1. The number of aryl methyl sites for hydroxylation is 1. The van der Waals surface area contributed by atoms with Crippen LogP contribution in [0.15, 0.2) is 65.5 Å². The Labute approximate surface area is 160 Å². The van der Waals surface area contributed by atoms with Gasteiger partial charge in [0.2, 0.25) is 5.91 Å². The number of carbonyl (C=O) groups excluding carboxylic acids is 2. The molecule has 0 aliphatic rings. The molecule has 3 rings (SSSR count). The van der Waals surface area contributed by atoms with Crippen molar-refractivity contribution < 1.29 is 14.0 Å². The van der Waals surface area contributed by atoms with Crippen LogP contribution in [-0.4, -0.2) is 16.8 Å². The van der Waals surface area contributed by atoms with Crippen LogP contribution in [0.5, 0.6) is 0 Å². The predicted molar refractivity (Wildman–Crippen MR) is 103 cm³/mol. The molecular weight excluding hydrogens is 361 g/mol. The highest BCUT2D eigenvalue weighted by molar-refractivity contribution is 5.97. The number of amides is 2. The van der Waals surface area contributed by atoms with Gasteiger partial charge in [-0.15, -0.1) is 0 Å². The number of rotatable bonds is 5. The number of hydrogen-bond donors (Lipinski definition) is 3. The summed E-state index contributed by atoms with van der Waals surface area (Å²) in [5.41, 5.74) is 7.31. The molecule has 0 aliphatic heterocycles. The Hall–Kier alpha value is -3.74. The summed E-state index contributed by atoms with van der Waals surface area (Å²) in [6, 6.07) is 14.3. The van der Waals surface area contributed by atoms with Crippen molar-refractivity contribution in [2.75, 3.05) is 0 Å². The molecule has 1 atom stereocenters. The molecule has 0 radical (unpaired) electrons. The standard InChI is InChI=1S/C21H18FN3O3/c1-12-3-2-4-14(11-12)17-10-9-16(20(27)24-17)21(28)25-18(19(23)26)13-5-7-15(22)8-6-13/h2-11,18H,1H3,(H2,23,26)(H,24,27)(H,25,28). The quantitative estimate of drug-likeness (QED) is 0.634. The van der Waals surface area contributed by atoms with Gasteiger partial charge in [-0.3, -0.25) is 14.4 Å². The van der Waals surface area contributed by atoms with Gasteiger partial charge >= 0.3 is 0 Å². The number of nitrogens with two attached hydrogens (primary N) is 1. The normalized spacial score (nSPS) is 11.6. The first kappa shape index (κ1) is 19.0. The molecule has 1 unspecified atom stereocenters. The predicted octanol–water partition coefficient (Wildman–Crippen LogP) is 2.45. The number of pyridine rings is 1. The van der Waals surface area contributed by atoms with Gasteiger partial charge in [0.05, 0.1) is 0 Å². The Balaban J connectivity index is 1.86. The Morgan fingerprint density at radius 2 is 1.79 bits per heavy atom. The monoisotopic (exact) mass is 379 g/mol. The van der Waals surface area contributed by atoms with Crippen molar-refractivity contribution in [2.24, 2.45) is 5.73 Å². The summed E-state index contributed by atoms with van der Waals surface area (Å²) in [5.74, 6) is -2.07. The van der Waals surface area contributed by atoms with E-state index in [-0.39, 0.29) is 5.56 Å². The number of H-pyrrole nitrogens is 1. The summed E-state index contributed by atoms with van der Waals surface area (Å²) in [6.07, 6.45) is 0. The highest BCUT2D eigenvalue weighted by Crippen LogP contribution is 2.18. The maximum absolute atomic E-state index is 13.1. The first-order valence-corrected chi connectivity index (χ1v) is 8.51. The summed E-state index contributed by atoms with van der Waals surface area (Å²) in [4.78, 5) is 39.3. The lowest BCUT2D eigenvalue weighted by molar-refractivity contribution is -0.120. The van der Waals surface area contributed by atoms with Crippen LogP contribution < -0.4 is 16.6 Å². The highest BCUT2D eigenvalue weighted by Gasteiger charge is 2.22. The Morgan fingerprint density at radius 1 is 1.07 bits per heavy atom. The van der Waals surface area contributed by atoms with Crippen LogP contribution in [0, 0.1) is 12.7 Å². The van der Waals surface area contributed by atoms with Gasteiger partial charge in [-0.2, -0.15) is 0 Å². The zero-order valence-corrected chi connectivity index (χ0v) is 15.0. The van der Waals surface area contributed by atoms with Gasteiger partial charge in [0.25, 0.3) is 11.5 Å². The van der Waals surface area contributed by atoms with E-state index in [9.17, 15) is 18.8 Å². The van der Waals surface area contributed by atoms with Crippen LogP contribution in [0.3, 0.4) is 0 Å². The number of hydrogen-bond acceptors (Lipinski definition) is 3. The van der Waals surface area contributed by atoms with Crippen LogP contribution in [0.2, 0.25) is 0 Å². The second-order valence-corrected chi connectivity index (χ2v) is 6.34. The second-order valence-electron chi connectivity index (χ2n) is 6.34. The van der Waals surface area contributed by atoms with Gasteiger partial charge in [0.1, 0.15) is 17.4 Å². The third-order valence-electron chi connectivity index (χ3n) is 4.25. The van der Waals surface area contributed by atoms with E-state index in [4.69, 9.17) is 5.73 Å². The van der Waals surface area contributed by atoms with Gasteiger partial charge in [0.15, 0.2) is 0 Å². The van der Waals surface area contributed by atoms with Crippen LogP contribution >= 0.6 is 0 Å². The Kier molecular flexibility index (Phi) is 5.35. The van der Waals surface area contributed by atoms with Crippen LogP contribution in [-0.2, 0) is 4.79 Å². The molecule has 28 heavy (non-hydrogen) atoms. The molecule has 4 N–H and O–H groups in total. The van der Waals surface area contributed by atoms with E-state index in [0.717, 1.165) is 23.3 Å². The number of aromatic nitrogens is 1. The summed E-state index contributed by atoms with van der Waals surface area (Å²) < 4.78 is 13.1. The summed E-state index contributed by atoms with van der Waals surface area (Å²) in [7, 11) is 0. The number of carbonyl (C=O) groups is 2. The molecule has 2 amide bonds. The molecule has 142 valence electrons. The molecule has 2 aromatic carbocycles. The smallest absolute Gasteiger partial charge is 0.261 e. The van der Waals surface area contributed by atoms with Crippen molar-refractivity contribution in [2.45, 2.75) is 13.0 Å². The Morgan fingerprint density at radius 3 is 2.39 bits per heavy atom. The highest BCUT2D eigenvalue weighted by atomic mass is 19.1. The molecule has 3 aromatic rings. The first-order chi connectivity index (χ1) is 13.3. The van der Waals surface area contributed by atoms with E-state index in [2.05, 4.69) is 10.3 Å². The lowest BCUT2D eigenvalue weighted by Crippen LogP contribution is -2.39. The fraction of sp³-hybridized carbons (Fsp3) is 0.0952. The van der Waals surface area contributed by atoms with E-state index in [0.29, 0.717) is 11.3 Å². The van der Waals surface area contributed by atoms with E-state index in [1.54, 1.807) is 6.07 Å². The zero-order valence-electron chi connectivity index (χ0n) is 15.0. The molecular formula is C21H18FN3O3. The Bertz CT molecular complexity index is 1090. The third-order valence-corrected chi connectivity index (χ3v) is 4.25.